The molecule has 4 heteroatoms. The van der Waals surface area contributed by atoms with Crippen molar-refractivity contribution in [1.29, 1.82) is 0 Å². The molecule has 3 N–H and O–H groups in total. The molecule has 1 unspecified atom stereocenters. The van der Waals surface area contributed by atoms with Gasteiger partial charge in [-0.2, -0.15) is 0 Å². The fourth-order valence-electron chi connectivity index (χ4n) is 2.00. The number of carbonyl (C=O) groups excluding carboxylic acids is 1. The molecule has 1 aromatic rings. The van der Waals surface area contributed by atoms with Crippen molar-refractivity contribution >= 4 is 5.78 Å². The summed E-state index contributed by atoms with van der Waals surface area (Å²) in [5, 5.41) is 0. The van der Waals surface area contributed by atoms with Gasteiger partial charge in [-0.05, 0) is 37.5 Å². The first-order valence-electron chi connectivity index (χ1n) is 7.35. The van der Waals surface area contributed by atoms with Crippen molar-refractivity contribution in [2.24, 2.45) is 5.84 Å². The second-order valence-corrected chi connectivity index (χ2v) is 5.09. The monoisotopic (exact) mass is 278 g/mol. The number of nitrogens with one attached hydrogen (secondary N) is 1. The first-order chi connectivity index (χ1) is 9.67. The molecule has 0 aliphatic heterocycles. The lowest BCUT2D eigenvalue weighted by atomic mass is 10.0. The molecule has 0 saturated heterocycles. The van der Waals surface area contributed by atoms with Crippen molar-refractivity contribution in [2.45, 2.75) is 52.0 Å². The van der Waals surface area contributed by atoms with E-state index in [1.807, 2.05) is 24.3 Å². The zero-order valence-corrected chi connectivity index (χ0v) is 12.5. The van der Waals surface area contributed by atoms with Crippen LogP contribution in [0.25, 0.3) is 0 Å². The highest BCUT2D eigenvalue weighted by molar-refractivity contribution is 5.81. The number of carbonyl (C=O) groups is 1. The maximum atomic E-state index is 11.3. The van der Waals surface area contributed by atoms with Crippen LogP contribution in [0.3, 0.4) is 0 Å². The highest BCUT2D eigenvalue weighted by atomic mass is 16.5. The minimum Gasteiger partial charge on any atom is -0.494 e. The first-order valence-corrected chi connectivity index (χ1v) is 7.35. The van der Waals surface area contributed by atoms with E-state index >= 15 is 0 Å². The molecule has 0 saturated carbocycles. The number of nitrogens with two attached hydrogens (primary N) is 1. The van der Waals surface area contributed by atoms with Gasteiger partial charge in [-0.3, -0.25) is 10.6 Å². The van der Waals surface area contributed by atoms with Gasteiger partial charge in [0.05, 0.1) is 12.6 Å². The van der Waals surface area contributed by atoms with Crippen LogP contribution in [0.4, 0.5) is 0 Å². The van der Waals surface area contributed by atoms with E-state index in [0.717, 1.165) is 24.3 Å². The molecule has 1 aromatic carbocycles. The van der Waals surface area contributed by atoms with E-state index in [0.29, 0.717) is 6.42 Å². The summed E-state index contributed by atoms with van der Waals surface area (Å²) in [6.07, 6.45) is 5.42. The number of ether oxygens (including phenoxy) is 1. The van der Waals surface area contributed by atoms with Gasteiger partial charge in [-0.1, -0.05) is 38.3 Å². The average Bonchev–Trinajstić information content (AvgIpc) is 2.45. The summed E-state index contributed by atoms with van der Waals surface area (Å²) in [6, 6.07) is 7.53. The Hall–Kier alpha value is -1.39. The van der Waals surface area contributed by atoms with Gasteiger partial charge in [0.25, 0.3) is 0 Å². The number of hydrogen-bond donors (Lipinski definition) is 2. The van der Waals surface area contributed by atoms with Crippen LogP contribution in [-0.4, -0.2) is 18.4 Å². The fourth-order valence-corrected chi connectivity index (χ4v) is 2.00. The van der Waals surface area contributed by atoms with Gasteiger partial charge in [-0.25, -0.2) is 5.43 Å². The molecule has 20 heavy (non-hydrogen) atoms. The largest absolute Gasteiger partial charge is 0.494 e. The van der Waals surface area contributed by atoms with Gasteiger partial charge in [0.15, 0.2) is 0 Å². The number of hydrogen-bond acceptors (Lipinski definition) is 4. The van der Waals surface area contributed by atoms with Gasteiger partial charge in [-0.15, -0.1) is 0 Å². The lowest BCUT2D eigenvalue weighted by Gasteiger charge is -2.12. The summed E-state index contributed by atoms with van der Waals surface area (Å²) in [5.74, 6) is 6.29. The van der Waals surface area contributed by atoms with E-state index in [9.17, 15) is 4.79 Å². The van der Waals surface area contributed by atoms with Crippen molar-refractivity contribution in [2.75, 3.05) is 6.61 Å². The molecule has 112 valence electrons. The van der Waals surface area contributed by atoms with Crippen LogP contribution < -0.4 is 16.0 Å². The maximum absolute atomic E-state index is 11.3. The second kappa shape index (κ2) is 9.50. The Morgan fingerprint density at radius 2 is 1.95 bits per heavy atom. The van der Waals surface area contributed by atoms with Crippen LogP contribution in [-0.2, 0) is 11.2 Å². The topological polar surface area (TPSA) is 64.3 Å². The predicted molar refractivity (Wildman–Crippen MR) is 81.6 cm³/mol. The van der Waals surface area contributed by atoms with E-state index in [1.54, 1.807) is 0 Å². The fraction of sp³-hybridized carbons (Fsp3) is 0.562. The number of hydrazine groups is 1. The van der Waals surface area contributed by atoms with Crippen LogP contribution in [0, 0.1) is 0 Å². The molecule has 0 aliphatic carbocycles. The zero-order chi connectivity index (χ0) is 14.8. The summed E-state index contributed by atoms with van der Waals surface area (Å²) < 4.78 is 5.68. The molecule has 0 aromatic heterocycles. The Morgan fingerprint density at radius 1 is 1.25 bits per heavy atom. The Balaban J connectivity index is 2.38. The highest BCUT2D eigenvalue weighted by Gasteiger charge is 2.12. The summed E-state index contributed by atoms with van der Waals surface area (Å²) >= 11 is 0. The summed E-state index contributed by atoms with van der Waals surface area (Å²) in [4.78, 5) is 11.3. The molecule has 0 heterocycles. The third-order valence-corrected chi connectivity index (χ3v) is 3.32. The Bertz CT molecular complexity index is 390. The standard InChI is InChI=1S/C16H26N2O2/c1-3-4-5-6-11-20-15-9-7-14(8-10-15)12-16(18-17)13(2)19/h7-10,16,18H,3-6,11-12,17H2,1-2H3. The Morgan fingerprint density at radius 3 is 2.50 bits per heavy atom. The molecular weight excluding hydrogens is 252 g/mol. The predicted octanol–water partition coefficient (Wildman–Crippen LogP) is 2.61. The lowest BCUT2D eigenvalue weighted by molar-refractivity contribution is -0.118. The van der Waals surface area contributed by atoms with Gasteiger partial charge >= 0.3 is 0 Å². The molecule has 4 nitrogen and oxygen atoms in total. The summed E-state index contributed by atoms with van der Waals surface area (Å²) in [6.45, 7) is 4.50. The summed E-state index contributed by atoms with van der Waals surface area (Å²) in [5.41, 5.74) is 3.61. The third kappa shape index (κ3) is 6.17. The van der Waals surface area contributed by atoms with E-state index < -0.39 is 0 Å². The lowest BCUT2D eigenvalue weighted by Crippen LogP contribution is -2.41. The van der Waals surface area contributed by atoms with Crippen molar-refractivity contribution in [3.63, 3.8) is 0 Å². The molecule has 0 spiro atoms. The highest BCUT2D eigenvalue weighted by Crippen LogP contribution is 2.14. The number of benzene rings is 1. The maximum Gasteiger partial charge on any atom is 0.148 e. The second-order valence-electron chi connectivity index (χ2n) is 5.09. The number of Topliss-reactive ketones (excluding diaryl/α,β-unsaturated/α-hetero) is 1. The first kappa shape index (κ1) is 16.7. The van der Waals surface area contributed by atoms with Crippen LogP contribution in [0.5, 0.6) is 5.75 Å². The molecule has 1 atom stereocenters. The van der Waals surface area contributed by atoms with Crippen LogP contribution >= 0.6 is 0 Å². The average molecular weight is 278 g/mol. The minimum atomic E-state index is -0.323. The van der Waals surface area contributed by atoms with Crippen LogP contribution in [0.2, 0.25) is 0 Å². The molecule has 1 rings (SSSR count). The van der Waals surface area contributed by atoms with Gasteiger partial charge in [0.1, 0.15) is 11.5 Å². The SMILES string of the molecule is CCCCCCOc1ccc(CC(NN)C(C)=O)cc1. The van der Waals surface area contributed by atoms with E-state index in [2.05, 4.69) is 12.3 Å². The van der Waals surface area contributed by atoms with E-state index in [1.165, 1.54) is 26.2 Å². The number of rotatable bonds is 10. The van der Waals surface area contributed by atoms with Crippen molar-refractivity contribution in [1.82, 2.24) is 5.43 Å². The van der Waals surface area contributed by atoms with Crippen molar-refractivity contribution in [3.05, 3.63) is 29.8 Å². The Kier molecular flexibility index (Phi) is 7.92. The Labute approximate surface area is 121 Å². The van der Waals surface area contributed by atoms with Gasteiger partial charge in [0, 0.05) is 0 Å². The quantitative estimate of drug-likeness (QED) is 0.392. The van der Waals surface area contributed by atoms with Crippen LogP contribution in [0.15, 0.2) is 24.3 Å². The zero-order valence-electron chi connectivity index (χ0n) is 12.5. The molecule has 0 aliphatic rings. The molecule has 0 radical (unpaired) electrons. The van der Waals surface area contributed by atoms with E-state index in [-0.39, 0.29) is 11.8 Å². The smallest absolute Gasteiger partial charge is 0.148 e. The van der Waals surface area contributed by atoms with E-state index in [4.69, 9.17) is 10.6 Å². The van der Waals surface area contributed by atoms with Gasteiger partial charge in [0.2, 0.25) is 0 Å². The van der Waals surface area contributed by atoms with Crippen molar-refractivity contribution < 1.29 is 9.53 Å². The van der Waals surface area contributed by atoms with Crippen molar-refractivity contribution in [3.8, 4) is 5.75 Å². The van der Waals surface area contributed by atoms with Gasteiger partial charge < -0.3 is 4.74 Å². The molecule has 0 amide bonds. The minimum absolute atomic E-state index is 0.0451. The number of ketones is 1. The normalized spacial score (nSPS) is 12.2. The number of unbranched alkanes of at least 4 members (excludes halogenated alkanes) is 3. The molecule has 0 fully saturated rings. The molecule has 0 bridgehead atoms. The summed E-state index contributed by atoms with van der Waals surface area (Å²) in [7, 11) is 0. The molecular formula is C16H26N2O2. The van der Waals surface area contributed by atoms with Crippen LogP contribution in [0.1, 0.15) is 45.1 Å². The third-order valence-electron chi connectivity index (χ3n) is 3.32.